The molecule has 0 amide bonds. The van der Waals surface area contributed by atoms with Gasteiger partial charge in [-0.15, -0.1) is 0 Å². The second-order valence-electron chi connectivity index (χ2n) is 4.72. The minimum Gasteiger partial charge on any atom is -0.317 e. The van der Waals surface area contributed by atoms with E-state index in [2.05, 4.69) is 5.32 Å². The van der Waals surface area contributed by atoms with Crippen molar-refractivity contribution in [1.29, 1.82) is 5.26 Å². The Labute approximate surface area is 118 Å². The number of nitriles is 1. The van der Waals surface area contributed by atoms with Crippen LogP contribution in [0.15, 0.2) is 23.1 Å². The van der Waals surface area contributed by atoms with Crippen molar-refractivity contribution in [3.05, 3.63) is 29.6 Å². The minimum atomic E-state index is -3.66. The van der Waals surface area contributed by atoms with Crippen LogP contribution in [-0.2, 0) is 10.0 Å². The van der Waals surface area contributed by atoms with E-state index in [9.17, 15) is 12.8 Å². The Balaban J connectivity index is 2.25. The first-order chi connectivity index (χ1) is 9.48. The number of sulfonamides is 1. The van der Waals surface area contributed by atoms with Gasteiger partial charge in [0.15, 0.2) is 0 Å². The lowest BCUT2D eigenvalue weighted by Gasteiger charge is -2.31. The van der Waals surface area contributed by atoms with Crippen molar-refractivity contribution in [2.24, 2.45) is 0 Å². The summed E-state index contributed by atoms with van der Waals surface area (Å²) in [6.45, 7) is 0.847. The predicted molar refractivity (Wildman–Crippen MR) is 72.0 cm³/mol. The highest BCUT2D eigenvalue weighted by atomic mass is 32.2. The van der Waals surface area contributed by atoms with Crippen molar-refractivity contribution >= 4 is 10.0 Å². The zero-order chi connectivity index (χ0) is 14.8. The maximum atomic E-state index is 13.3. The van der Waals surface area contributed by atoms with Gasteiger partial charge in [-0.2, -0.15) is 9.57 Å². The topological polar surface area (TPSA) is 73.2 Å². The number of hydrogen-bond donors (Lipinski definition) is 1. The van der Waals surface area contributed by atoms with Gasteiger partial charge in [-0.25, -0.2) is 12.8 Å². The average molecular weight is 297 g/mol. The lowest BCUT2D eigenvalue weighted by Crippen LogP contribution is -2.43. The molecule has 1 saturated heterocycles. The van der Waals surface area contributed by atoms with Crippen LogP contribution in [0.2, 0.25) is 0 Å². The second-order valence-corrected chi connectivity index (χ2v) is 6.66. The highest BCUT2D eigenvalue weighted by Crippen LogP contribution is 2.22. The van der Waals surface area contributed by atoms with Crippen LogP contribution in [0.4, 0.5) is 4.39 Å². The van der Waals surface area contributed by atoms with Crippen molar-refractivity contribution in [2.75, 3.05) is 20.1 Å². The van der Waals surface area contributed by atoms with Crippen LogP contribution in [0.3, 0.4) is 0 Å². The second kappa shape index (κ2) is 5.87. The van der Waals surface area contributed by atoms with E-state index in [1.807, 2.05) is 7.05 Å². The quantitative estimate of drug-likeness (QED) is 0.905. The summed E-state index contributed by atoms with van der Waals surface area (Å²) in [7, 11) is -1.80. The molecule has 0 unspecified atom stereocenters. The van der Waals surface area contributed by atoms with Crippen LogP contribution in [-0.4, -0.2) is 38.9 Å². The summed E-state index contributed by atoms with van der Waals surface area (Å²) >= 11 is 0. The fraction of sp³-hybridized carbons (Fsp3) is 0.462. The molecule has 1 aromatic rings. The smallest absolute Gasteiger partial charge is 0.243 e. The van der Waals surface area contributed by atoms with E-state index < -0.39 is 15.8 Å². The Bertz CT molecular complexity index is 632. The third kappa shape index (κ3) is 2.82. The van der Waals surface area contributed by atoms with Crippen molar-refractivity contribution < 1.29 is 12.8 Å². The lowest BCUT2D eigenvalue weighted by atomic mass is 10.1. The van der Waals surface area contributed by atoms with Crippen LogP contribution < -0.4 is 5.32 Å². The van der Waals surface area contributed by atoms with E-state index in [0.29, 0.717) is 19.1 Å². The van der Waals surface area contributed by atoms with Crippen LogP contribution in [0.5, 0.6) is 0 Å². The normalized spacial score (nSPS) is 17.9. The first kappa shape index (κ1) is 14.9. The first-order valence-corrected chi connectivity index (χ1v) is 7.80. The summed E-state index contributed by atoms with van der Waals surface area (Å²) in [5, 5.41) is 11.9. The van der Waals surface area contributed by atoms with Gasteiger partial charge in [-0.05, 0) is 38.1 Å². The Morgan fingerprint density at radius 1 is 1.40 bits per heavy atom. The zero-order valence-electron chi connectivity index (χ0n) is 11.1. The van der Waals surface area contributed by atoms with E-state index in [1.165, 1.54) is 10.4 Å². The summed E-state index contributed by atoms with van der Waals surface area (Å²) in [4.78, 5) is -0.0293. The molecule has 0 radical (unpaired) electrons. The third-order valence-corrected chi connectivity index (χ3v) is 5.45. The molecule has 1 fully saturated rings. The zero-order valence-corrected chi connectivity index (χ0v) is 12.0. The standard InChI is InChI=1S/C13H16FN3O2S/c1-16-11-4-6-17(7-5-11)20(18,19)12-2-3-13(14)10(8-12)9-15/h2-3,8,11,16H,4-7H2,1H3. The van der Waals surface area contributed by atoms with Gasteiger partial charge in [0, 0.05) is 19.1 Å². The van der Waals surface area contributed by atoms with Crippen LogP contribution >= 0.6 is 0 Å². The molecule has 1 aromatic carbocycles. The first-order valence-electron chi connectivity index (χ1n) is 6.36. The monoisotopic (exact) mass is 297 g/mol. The molecule has 1 heterocycles. The SMILES string of the molecule is CNC1CCN(S(=O)(=O)c2ccc(F)c(C#N)c2)CC1. The molecule has 0 aromatic heterocycles. The van der Waals surface area contributed by atoms with Crippen molar-refractivity contribution in [3.8, 4) is 6.07 Å². The molecule has 1 aliphatic rings. The predicted octanol–water partition coefficient (Wildman–Crippen LogP) is 1.07. The summed E-state index contributed by atoms with van der Waals surface area (Å²) in [6.07, 6.45) is 1.48. The molecule has 108 valence electrons. The summed E-state index contributed by atoms with van der Waals surface area (Å²) in [6, 6.07) is 5.30. The van der Waals surface area contributed by atoms with Gasteiger partial charge in [0.25, 0.3) is 0 Å². The molecule has 20 heavy (non-hydrogen) atoms. The van der Waals surface area contributed by atoms with Gasteiger partial charge in [0.05, 0.1) is 10.5 Å². The molecule has 0 spiro atoms. The molecular weight excluding hydrogens is 281 g/mol. The minimum absolute atomic E-state index is 0.0293. The van der Waals surface area contributed by atoms with E-state index >= 15 is 0 Å². The van der Waals surface area contributed by atoms with Crippen LogP contribution in [0.1, 0.15) is 18.4 Å². The Kier molecular flexibility index (Phi) is 4.38. The van der Waals surface area contributed by atoms with E-state index in [0.717, 1.165) is 25.0 Å². The maximum absolute atomic E-state index is 13.3. The van der Waals surface area contributed by atoms with Crippen LogP contribution in [0, 0.1) is 17.1 Å². The van der Waals surface area contributed by atoms with E-state index in [-0.39, 0.29) is 10.5 Å². The molecule has 1 aliphatic heterocycles. The van der Waals surface area contributed by atoms with Gasteiger partial charge in [0.1, 0.15) is 11.9 Å². The van der Waals surface area contributed by atoms with Gasteiger partial charge < -0.3 is 5.32 Å². The Morgan fingerprint density at radius 2 is 2.05 bits per heavy atom. The van der Waals surface area contributed by atoms with Crippen molar-refractivity contribution in [1.82, 2.24) is 9.62 Å². The number of rotatable bonds is 3. The molecule has 0 saturated carbocycles. The highest BCUT2D eigenvalue weighted by Gasteiger charge is 2.29. The van der Waals surface area contributed by atoms with Gasteiger partial charge in [-0.3, -0.25) is 0 Å². The molecule has 0 bridgehead atoms. The average Bonchev–Trinajstić information content (AvgIpc) is 2.47. The fourth-order valence-corrected chi connectivity index (χ4v) is 3.78. The molecule has 7 heteroatoms. The number of benzene rings is 1. The molecule has 0 aliphatic carbocycles. The third-order valence-electron chi connectivity index (χ3n) is 3.56. The molecular formula is C13H16FN3O2S. The highest BCUT2D eigenvalue weighted by molar-refractivity contribution is 7.89. The molecule has 5 nitrogen and oxygen atoms in total. The molecule has 1 N–H and O–H groups in total. The molecule has 0 atom stereocenters. The number of halogens is 1. The number of hydrogen-bond acceptors (Lipinski definition) is 4. The van der Waals surface area contributed by atoms with Crippen LogP contribution in [0.25, 0.3) is 0 Å². The van der Waals surface area contributed by atoms with E-state index in [1.54, 1.807) is 6.07 Å². The summed E-state index contributed by atoms with van der Waals surface area (Å²) in [5.41, 5.74) is -0.254. The number of nitrogens with one attached hydrogen (secondary N) is 1. The lowest BCUT2D eigenvalue weighted by molar-refractivity contribution is 0.298. The summed E-state index contributed by atoms with van der Waals surface area (Å²) < 4.78 is 39.5. The molecule has 2 rings (SSSR count). The Hall–Kier alpha value is -1.49. The Morgan fingerprint density at radius 3 is 2.60 bits per heavy atom. The van der Waals surface area contributed by atoms with Gasteiger partial charge in [-0.1, -0.05) is 0 Å². The van der Waals surface area contributed by atoms with Crippen molar-refractivity contribution in [2.45, 2.75) is 23.8 Å². The van der Waals surface area contributed by atoms with Gasteiger partial charge >= 0.3 is 0 Å². The van der Waals surface area contributed by atoms with Gasteiger partial charge in [0.2, 0.25) is 10.0 Å². The van der Waals surface area contributed by atoms with E-state index in [4.69, 9.17) is 5.26 Å². The maximum Gasteiger partial charge on any atom is 0.243 e. The summed E-state index contributed by atoms with van der Waals surface area (Å²) in [5.74, 6) is -0.708. The van der Waals surface area contributed by atoms with Crippen molar-refractivity contribution in [3.63, 3.8) is 0 Å². The fourth-order valence-electron chi connectivity index (χ4n) is 2.28. The largest absolute Gasteiger partial charge is 0.317 e. The number of nitrogens with zero attached hydrogens (tertiary/aromatic N) is 2. The number of piperidine rings is 1.